The molecule has 2 aliphatic heterocycles. The summed E-state index contributed by atoms with van der Waals surface area (Å²) < 4.78 is 56.8. The Bertz CT molecular complexity index is 808. The van der Waals surface area contributed by atoms with Crippen LogP contribution in [-0.4, -0.2) is 67.4 Å². The lowest BCUT2D eigenvalue weighted by atomic mass is 9.91. The molecular weight excluding hydrogens is 392 g/mol. The van der Waals surface area contributed by atoms with Gasteiger partial charge in [-0.3, -0.25) is 0 Å². The summed E-state index contributed by atoms with van der Waals surface area (Å²) in [7, 11) is -3.48. The van der Waals surface area contributed by atoms with Crippen LogP contribution in [0.1, 0.15) is 31.7 Å². The minimum Gasteiger partial charge on any atom is -0.381 e. The van der Waals surface area contributed by atoms with Crippen molar-refractivity contribution >= 4 is 26.7 Å². The van der Waals surface area contributed by atoms with Gasteiger partial charge in [0.2, 0.25) is 11.1 Å². The molecule has 0 bridgehead atoms. The molecule has 2 unspecified atom stereocenters. The average molecular weight is 419 g/mol. The molecule has 1 aromatic heterocycles. The number of ether oxygens (including phenoxy) is 2. The Hall–Kier alpha value is -1.07. The molecule has 10 heteroatoms. The Morgan fingerprint density at radius 1 is 1.30 bits per heavy atom. The molecule has 0 radical (unpaired) electrons. The van der Waals surface area contributed by atoms with E-state index in [4.69, 9.17) is 9.47 Å². The summed E-state index contributed by atoms with van der Waals surface area (Å²) in [5.41, 5.74) is 0.511. The van der Waals surface area contributed by atoms with E-state index in [-0.39, 0.29) is 11.1 Å². The van der Waals surface area contributed by atoms with E-state index in [9.17, 15) is 17.2 Å². The molecule has 0 amide bonds. The number of pyridine rings is 1. The van der Waals surface area contributed by atoms with Crippen LogP contribution in [0.3, 0.4) is 0 Å². The highest BCUT2D eigenvalue weighted by Gasteiger charge is 2.45. The van der Waals surface area contributed by atoms with Crippen LogP contribution in [0.25, 0.3) is 0 Å². The van der Waals surface area contributed by atoms with Crippen molar-refractivity contribution in [2.45, 2.75) is 42.0 Å². The van der Waals surface area contributed by atoms with Gasteiger partial charge in [0.1, 0.15) is 10.6 Å². The molecular formula is C17H26N2O6S2. The predicted octanol–water partition coefficient (Wildman–Crippen LogP) is 1.33. The molecule has 2 fully saturated rings. The van der Waals surface area contributed by atoms with Gasteiger partial charge in [-0.2, -0.15) is 0 Å². The SMILES string of the molecule is CCC1COCCN1c1cc(C2(S(C)(=O)=O)CCOCC2)cc(S(=O)O)n1. The molecule has 3 heterocycles. The Morgan fingerprint density at radius 3 is 2.59 bits per heavy atom. The van der Waals surface area contributed by atoms with Crippen molar-refractivity contribution in [1.29, 1.82) is 0 Å². The standard InChI is InChI=1S/C17H26N2O6S2/c1-3-14-12-25-9-6-19(14)15-10-13(11-16(18-15)26(20)21)17(27(2,22)23)4-7-24-8-5-17/h10-11,14H,3-9,12H2,1-2H3,(H,20,21). The molecule has 1 aromatic rings. The van der Waals surface area contributed by atoms with Crippen LogP contribution in [-0.2, 0) is 35.1 Å². The second-order valence-corrected chi connectivity index (χ2v) is 10.3. The highest BCUT2D eigenvalue weighted by Crippen LogP contribution is 2.41. The van der Waals surface area contributed by atoms with E-state index in [2.05, 4.69) is 4.98 Å². The third-order valence-electron chi connectivity index (χ3n) is 5.50. The summed E-state index contributed by atoms with van der Waals surface area (Å²) in [6, 6.07) is 3.30. The van der Waals surface area contributed by atoms with Gasteiger partial charge in [-0.1, -0.05) is 6.92 Å². The zero-order chi connectivity index (χ0) is 19.7. The maximum atomic E-state index is 12.8. The van der Waals surface area contributed by atoms with Crippen molar-refractivity contribution in [3.63, 3.8) is 0 Å². The zero-order valence-electron chi connectivity index (χ0n) is 15.6. The Labute approximate surface area is 162 Å². The first-order valence-corrected chi connectivity index (χ1v) is 12.0. The first-order valence-electron chi connectivity index (χ1n) is 9.03. The lowest BCUT2D eigenvalue weighted by Gasteiger charge is -2.39. The van der Waals surface area contributed by atoms with Gasteiger partial charge in [0.05, 0.1) is 19.3 Å². The molecule has 0 aromatic carbocycles. The van der Waals surface area contributed by atoms with Crippen molar-refractivity contribution in [3.8, 4) is 0 Å². The third kappa shape index (κ3) is 4.04. The van der Waals surface area contributed by atoms with Gasteiger partial charge in [0.25, 0.3) is 0 Å². The molecule has 0 aliphatic carbocycles. The predicted molar refractivity (Wildman–Crippen MR) is 102 cm³/mol. The van der Waals surface area contributed by atoms with Crippen LogP contribution in [0, 0.1) is 0 Å². The molecule has 2 aliphatic rings. The molecule has 1 N–H and O–H groups in total. The van der Waals surface area contributed by atoms with Crippen molar-refractivity contribution in [3.05, 3.63) is 17.7 Å². The summed E-state index contributed by atoms with van der Waals surface area (Å²) in [4.78, 5) is 6.40. The van der Waals surface area contributed by atoms with Crippen LogP contribution in [0.2, 0.25) is 0 Å². The van der Waals surface area contributed by atoms with Gasteiger partial charge in [-0.25, -0.2) is 17.6 Å². The normalized spacial score (nSPS) is 24.6. The zero-order valence-corrected chi connectivity index (χ0v) is 17.2. The van der Waals surface area contributed by atoms with Gasteiger partial charge in [0, 0.05) is 26.0 Å². The maximum absolute atomic E-state index is 12.8. The van der Waals surface area contributed by atoms with Crippen LogP contribution in [0.4, 0.5) is 5.82 Å². The van der Waals surface area contributed by atoms with Crippen molar-refractivity contribution in [2.24, 2.45) is 0 Å². The number of rotatable bonds is 5. The molecule has 2 atom stereocenters. The second kappa shape index (κ2) is 8.12. The second-order valence-electron chi connectivity index (χ2n) is 7.01. The summed E-state index contributed by atoms with van der Waals surface area (Å²) in [5.74, 6) is 0.523. The Morgan fingerprint density at radius 2 is 2.00 bits per heavy atom. The van der Waals surface area contributed by atoms with E-state index < -0.39 is 25.7 Å². The fourth-order valence-electron chi connectivity index (χ4n) is 3.86. The number of anilines is 1. The fraction of sp³-hybridized carbons (Fsp3) is 0.706. The van der Waals surface area contributed by atoms with E-state index in [1.165, 1.54) is 12.3 Å². The van der Waals surface area contributed by atoms with E-state index in [0.717, 1.165) is 6.42 Å². The third-order valence-corrected chi connectivity index (χ3v) is 8.13. The van der Waals surface area contributed by atoms with Crippen LogP contribution >= 0.6 is 0 Å². The number of hydrogen-bond donors (Lipinski definition) is 1. The molecule has 2 saturated heterocycles. The van der Waals surface area contributed by atoms with Crippen molar-refractivity contribution in [2.75, 3.05) is 44.1 Å². The lowest BCUT2D eigenvalue weighted by Crippen LogP contribution is -2.46. The Balaban J connectivity index is 2.15. The minimum atomic E-state index is -3.48. The summed E-state index contributed by atoms with van der Waals surface area (Å²) in [6.07, 6.45) is 2.67. The fourth-order valence-corrected chi connectivity index (χ4v) is 5.71. The van der Waals surface area contributed by atoms with Crippen molar-refractivity contribution < 1.29 is 26.7 Å². The summed E-state index contributed by atoms with van der Waals surface area (Å²) in [6.45, 7) is 4.38. The molecule has 27 heavy (non-hydrogen) atoms. The molecule has 0 saturated carbocycles. The molecule has 3 rings (SSSR count). The minimum absolute atomic E-state index is 0.0293. The first kappa shape index (κ1) is 20.7. The van der Waals surface area contributed by atoms with Gasteiger partial charge >= 0.3 is 0 Å². The van der Waals surface area contributed by atoms with Crippen LogP contribution < -0.4 is 4.90 Å². The van der Waals surface area contributed by atoms with E-state index >= 15 is 0 Å². The lowest BCUT2D eigenvalue weighted by molar-refractivity contribution is 0.0741. The Kier molecular flexibility index (Phi) is 6.21. The number of morpholine rings is 1. The summed E-state index contributed by atoms with van der Waals surface area (Å²) >= 11 is -2.31. The van der Waals surface area contributed by atoms with Gasteiger partial charge in [-0.05, 0) is 37.0 Å². The van der Waals surface area contributed by atoms with E-state index in [1.807, 2.05) is 11.8 Å². The monoisotopic (exact) mass is 418 g/mol. The summed E-state index contributed by atoms with van der Waals surface area (Å²) in [5, 5.41) is -0.0293. The van der Waals surface area contributed by atoms with Crippen LogP contribution in [0.15, 0.2) is 17.2 Å². The number of sulfone groups is 1. The molecule has 0 spiro atoms. The quantitative estimate of drug-likeness (QED) is 0.714. The van der Waals surface area contributed by atoms with Crippen molar-refractivity contribution in [1.82, 2.24) is 4.98 Å². The number of nitrogens with zero attached hydrogens (tertiary/aromatic N) is 2. The van der Waals surface area contributed by atoms with E-state index in [1.54, 1.807) is 6.07 Å². The topological polar surface area (TPSA) is 106 Å². The number of hydrogen-bond acceptors (Lipinski definition) is 7. The maximum Gasteiger partial charge on any atom is 0.205 e. The molecule has 152 valence electrons. The average Bonchev–Trinajstić information content (AvgIpc) is 2.67. The highest BCUT2D eigenvalue weighted by atomic mass is 32.2. The molecule has 8 nitrogen and oxygen atoms in total. The van der Waals surface area contributed by atoms with Gasteiger partial charge in [0.15, 0.2) is 14.9 Å². The largest absolute Gasteiger partial charge is 0.381 e. The van der Waals surface area contributed by atoms with E-state index in [0.29, 0.717) is 57.2 Å². The smallest absolute Gasteiger partial charge is 0.205 e. The first-order chi connectivity index (χ1) is 12.8. The van der Waals surface area contributed by atoms with Crippen LogP contribution in [0.5, 0.6) is 0 Å². The van der Waals surface area contributed by atoms with Gasteiger partial charge < -0.3 is 18.9 Å². The van der Waals surface area contributed by atoms with Gasteiger partial charge in [-0.15, -0.1) is 0 Å². The highest BCUT2D eigenvalue weighted by molar-refractivity contribution is 7.91. The number of aromatic nitrogens is 1.